The highest BCUT2D eigenvalue weighted by Crippen LogP contribution is 2.34. The van der Waals surface area contributed by atoms with Gasteiger partial charge in [0.2, 0.25) is 4.96 Å². The van der Waals surface area contributed by atoms with E-state index >= 15 is 0 Å². The fraction of sp³-hybridized carbons (Fsp3) is 0.0526. The molecule has 1 N–H and O–H groups in total. The highest BCUT2D eigenvalue weighted by Gasteiger charge is 2.14. The first-order valence-corrected chi connectivity index (χ1v) is 9.18. The molecule has 0 bridgehead atoms. The van der Waals surface area contributed by atoms with Crippen molar-refractivity contribution >= 4 is 55.8 Å². The van der Waals surface area contributed by atoms with E-state index in [0.717, 1.165) is 43.4 Å². The average molecular weight is 462 g/mol. The number of hydrogen-bond acceptors (Lipinski definition) is 4. The van der Waals surface area contributed by atoms with E-state index in [1.807, 2.05) is 59.4 Å². The number of imidazole rings is 1. The normalized spacial score (nSPS) is 11.0. The van der Waals surface area contributed by atoms with Crippen LogP contribution in [0, 0.1) is 0 Å². The van der Waals surface area contributed by atoms with Gasteiger partial charge in [-0.3, -0.25) is 0 Å². The van der Waals surface area contributed by atoms with Crippen molar-refractivity contribution in [2.45, 2.75) is 0 Å². The molecule has 8 heteroatoms. The number of rotatable bonds is 3. The van der Waals surface area contributed by atoms with E-state index in [1.54, 1.807) is 18.4 Å². The Hall–Kier alpha value is -2.35. The number of hydrogen-bond donors (Lipinski definition) is 1. The fourth-order valence-corrected chi connectivity index (χ4v) is 4.08. The molecule has 3 heterocycles. The van der Waals surface area contributed by atoms with Crippen molar-refractivity contribution in [2.24, 2.45) is 0 Å². The number of nitrogens with zero attached hydrogens (tertiary/aromatic N) is 3. The van der Waals surface area contributed by atoms with Gasteiger partial charge in [-0.1, -0.05) is 35.1 Å². The summed E-state index contributed by atoms with van der Waals surface area (Å²) in [6, 6.07) is 13.7. The third-order valence-electron chi connectivity index (χ3n) is 4.28. The standard InChI is InChI=1S/C19H13ClN4OS.BrH/c1-25-13-4-2-3-11(7-13)17-10-24-19(22-17)26-18(23-24)15-9-21-16-6-5-12(20)8-14(15)16;/h2-10,21H,1H3;1H. The molecule has 2 aromatic carbocycles. The quantitative estimate of drug-likeness (QED) is 0.367. The summed E-state index contributed by atoms with van der Waals surface area (Å²) >= 11 is 7.69. The van der Waals surface area contributed by atoms with Crippen LogP contribution in [-0.2, 0) is 0 Å². The van der Waals surface area contributed by atoms with Crippen LogP contribution >= 0.6 is 39.9 Å². The van der Waals surface area contributed by atoms with Crippen LogP contribution in [0.5, 0.6) is 5.75 Å². The van der Waals surface area contributed by atoms with Crippen LogP contribution in [0.25, 0.3) is 37.7 Å². The van der Waals surface area contributed by atoms with Gasteiger partial charge in [0, 0.05) is 33.2 Å². The lowest BCUT2D eigenvalue weighted by Gasteiger charge is -2.01. The van der Waals surface area contributed by atoms with Crippen LogP contribution in [0.15, 0.2) is 54.9 Å². The van der Waals surface area contributed by atoms with Crippen molar-refractivity contribution < 1.29 is 4.74 Å². The fourth-order valence-electron chi connectivity index (χ4n) is 3.00. The van der Waals surface area contributed by atoms with Gasteiger partial charge in [-0.2, -0.15) is 5.10 Å². The van der Waals surface area contributed by atoms with E-state index < -0.39 is 0 Å². The summed E-state index contributed by atoms with van der Waals surface area (Å²) in [7, 11) is 1.66. The van der Waals surface area contributed by atoms with Crippen LogP contribution in [0.4, 0.5) is 0 Å². The molecule has 0 aliphatic rings. The van der Waals surface area contributed by atoms with Gasteiger partial charge in [0.1, 0.15) is 10.8 Å². The molecular formula is C19H14BrClN4OS. The van der Waals surface area contributed by atoms with E-state index in [1.165, 1.54) is 0 Å². The average Bonchev–Trinajstić information content (AvgIpc) is 3.33. The topological polar surface area (TPSA) is 55.2 Å². The number of aromatic nitrogens is 4. The SMILES string of the molecule is Br.COc1cccc(-c2cn3nc(-c4c[nH]c5ccc(Cl)cc45)sc3n2)c1. The third-order valence-corrected chi connectivity index (χ3v) is 5.47. The summed E-state index contributed by atoms with van der Waals surface area (Å²) in [4.78, 5) is 8.82. The summed E-state index contributed by atoms with van der Waals surface area (Å²) in [6.07, 6.45) is 3.90. The van der Waals surface area contributed by atoms with Gasteiger partial charge in [0.25, 0.3) is 0 Å². The van der Waals surface area contributed by atoms with Crippen LogP contribution in [0.1, 0.15) is 0 Å². The second kappa shape index (κ2) is 6.99. The van der Waals surface area contributed by atoms with Crippen molar-refractivity contribution in [1.29, 1.82) is 0 Å². The van der Waals surface area contributed by atoms with E-state index in [2.05, 4.69) is 4.98 Å². The predicted octanol–water partition coefficient (Wildman–Crippen LogP) is 5.85. The van der Waals surface area contributed by atoms with Crippen LogP contribution < -0.4 is 4.74 Å². The molecule has 5 rings (SSSR count). The van der Waals surface area contributed by atoms with Crippen molar-refractivity contribution in [3.8, 4) is 27.6 Å². The molecule has 0 amide bonds. The van der Waals surface area contributed by atoms with E-state index in [-0.39, 0.29) is 17.0 Å². The summed E-state index contributed by atoms with van der Waals surface area (Å²) in [5, 5.41) is 7.37. The van der Waals surface area contributed by atoms with Crippen LogP contribution in [0.3, 0.4) is 0 Å². The highest BCUT2D eigenvalue weighted by molar-refractivity contribution is 8.93. The molecule has 0 saturated heterocycles. The number of H-pyrrole nitrogens is 1. The van der Waals surface area contributed by atoms with Crippen LogP contribution in [0.2, 0.25) is 5.02 Å². The zero-order valence-electron chi connectivity index (χ0n) is 14.1. The minimum atomic E-state index is 0. The lowest BCUT2D eigenvalue weighted by molar-refractivity contribution is 0.415. The van der Waals surface area contributed by atoms with Gasteiger partial charge < -0.3 is 9.72 Å². The zero-order chi connectivity index (χ0) is 17.7. The molecule has 0 aliphatic heterocycles. The molecule has 0 aliphatic carbocycles. The number of methoxy groups -OCH3 is 1. The lowest BCUT2D eigenvalue weighted by atomic mass is 10.1. The molecular weight excluding hydrogens is 448 g/mol. The van der Waals surface area contributed by atoms with E-state index in [0.29, 0.717) is 5.02 Å². The first-order chi connectivity index (χ1) is 12.7. The smallest absolute Gasteiger partial charge is 0.213 e. The summed E-state index contributed by atoms with van der Waals surface area (Å²) in [6.45, 7) is 0. The third kappa shape index (κ3) is 3.12. The predicted molar refractivity (Wildman–Crippen MR) is 115 cm³/mol. The molecule has 0 unspecified atom stereocenters. The number of aromatic amines is 1. The Labute approximate surface area is 174 Å². The van der Waals surface area contributed by atoms with Gasteiger partial charge in [-0.15, -0.1) is 17.0 Å². The minimum absolute atomic E-state index is 0. The Morgan fingerprint density at radius 1 is 1.19 bits per heavy atom. The Balaban J connectivity index is 0.00000180. The molecule has 27 heavy (non-hydrogen) atoms. The van der Waals surface area contributed by atoms with Gasteiger partial charge in [-0.25, -0.2) is 9.50 Å². The molecule has 0 spiro atoms. The number of fused-ring (bicyclic) bond motifs is 2. The largest absolute Gasteiger partial charge is 0.497 e. The maximum Gasteiger partial charge on any atom is 0.213 e. The second-order valence-corrected chi connectivity index (χ2v) is 7.28. The van der Waals surface area contributed by atoms with E-state index in [4.69, 9.17) is 26.4 Å². The highest BCUT2D eigenvalue weighted by atomic mass is 79.9. The first-order valence-electron chi connectivity index (χ1n) is 7.99. The molecule has 0 saturated carbocycles. The minimum Gasteiger partial charge on any atom is -0.497 e. The van der Waals surface area contributed by atoms with Gasteiger partial charge in [-0.05, 0) is 30.3 Å². The van der Waals surface area contributed by atoms with Crippen molar-refractivity contribution in [1.82, 2.24) is 19.6 Å². The zero-order valence-corrected chi connectivity index (χ0v) is 17.4. The summed E-state index contributed by atoms with van der Waals surface area (Å²) in [5.41, 5.74) is 3.94. The Morgan fingerprint density at radius 3 is 2.89 bits per heavy atom. The number of ether oxygens (including phenoxy) is 1. The molecule has 0 atom stereocenters. The van der Waals surface area contributed by atoms with Crippen LogP contribution in [-0.4, -0.2) is 26.7 Å². The molecule has 5 aromatic rings. The van der Waals surface area contributed by atoms with Crippen molar-refractivity contribution in [3.05, 3.63) is 59.9 Å². The maximum atomic E-state index is 6.15. The number of halogens is 2. The Bertz CT molecular complexity index is 1230. The monoisotopic (exact) mass is 460 g/mol. The molecule has 0 fully saturated rings. The Morgan fingerprint density at radius 2 is 2.07 bits per heavy atom. The van der Waals surface area contributed by atoms with Crippen molar-refractivity contribution in [3.63, 3.8) is 0 Å². The first kappa shape index (κ1) is 18.0. The molecule has 5 nitrogen and oxygen atoms in total. The Kier molecular flexibility index (Phi) is 4.67. The summed E-state index contributed by atoms with van der Waals surface area (Å²) in [5.74, 6) is 0.808. The summed E-state index contributed by atoms with van der Waals surface area (Å²) < 4.78 is 7.11. The molecule has 136 valence electrons. The van der Waals surface area contributed by atoms with Gasteiger partial charge >= 0.3 is 0 Å². The number of nitrogens with one attached hydrogen (secondary N) is 1. The lowest BCUT2D eigenvalue weighted by Crippen LogP contribution is -1.84. The number of benzene rings is 2. The maximum absolute atomic E-state index is 6.15. The van der Waals surface area contributed by atoms with E-state index in [9.17, 15) is 0 Å². The molecule has 0 radical (unpaired) electrons. The van der Waals surface area contributed by atoms with Gasteiger partial charge in [0.15, 0.2) is 0 Å². The molecule has 3 aromatic heterocycles. The van der Waals surface area contributed by atoms with Crippen molar-refractivity contribution in [2.75, 3.05) is 7.11 Å². The van der Waals surface area contributed by atoms with Gasteiger partial charge in [0.05, 0.1) is 19.0 Å². The second-order valence-electron chi connectivity index (χ2n) is 5.88.